The zero-order valence-electron chi connectivity index (χ0n) is 11.8. The Balaban J connectivity index is 2.05. The first-order valence-corrected chi connectivity index (χ1v) is 7.59. The lowest BCUT2D eigenvalue weighted by Crippen LogP contribution is -2.57. The molecule has 1 fully saturated rings. The number of nitrogens with one attached hydrogen (secondary N) is 1. The summed E-state index contributed by atoms with van der Waals surface area (Å²) >= 11 is 1.71. The minimum Gasteiger partial charge on any atom is -0.347 e. The second kappa shape index (κ2) is 6.45. The van der Waals surface area contributed by atoms with Crippen molar-refractivity contribution in [1.82, 2.24) is 20.1 Å². The third-order valence-corrected chi connectivity index (χ3v) is 4.39. The Morgan fingerprint density at radius 1 is 1.63 bits per heavy atom. The van der Waals surface area contributed by atoms with E-state index in [4.69, 9.17) is 0 Å². The summed E-state index contributed by atoms with van der Waals surface area (Å²) < 4.78 is 0. The van der Waals surface area contributed by atoms with E-state index in [1.807, 2.05) is 14.1 Å². The average Bonchev–Trinajstić information content (AvgIpc) is 2.86. The van der Waals surface area contributed by atoms with E-state index in [9.17, 15) is 4.79 Å². The molecule has 1 aromatic rings. The van der Waals surface area contributed by atoms with Crippen LogP contribution in [0.3, 0.4) is 0 Å². The van der Waals surface area contributed by atoms with Crippen LogP contribution in [0.4, 0.5) is 0 Å². The van der Waals surface area contributed by atoms with Crippen LogP contribution in [-0.2, 0) is 17.8 Å². The van der Waals surface area contributed by atoms with Crippen molar-refractivity contribution in [3.63, 3.8) is 0 Å². The van der Waals surface area contributed by atoms with Crippen LogP contribution in [0, 0.1) is 0 Å². The first-order chi connectivity index (χ1) is 9.11. The third-order valence-electron chi connectivity index (χ3n) is 3.35. The highest BCUT2D eigenvalue weighted by Gasteiger charge is 2.29. The van der Waals surface area contributed by atoms with Gasteiger partial charge in [-0.15, -0.1) is 11.3 Å². The smallest absolute Gasteiger partial charge is 0.240 e. The van der Waals surface area contributed by atoms with Gasteiger partial charge < -0.3 is 10.2 Å². The molecule has 2 heterocycles. The normalized spacial score (nSPS) is 20.5. The van der Waals surface area contributed by atoms with Crippen LogP contribution in [0.25, 0.3) is 0 Å². The molecule has 1 unspecified atom stereocenters. The number of carbonyl (C=O) groups excluding carboxylic acids is 1. The minimum atomic E-state index is -0.0736. The summed E-state index contributed by atoms with van der Waals surface area (Å²) in [5.41, 5.74) is 1.08. The van der Waals surface area contributed by atoms with E-state index in [1.54, 1.807) is 16.2 Å². The van der Waals surface area contributed by atoms with Gasteiger partial charge in [-0.1, -0.05) is 6.92 Å². The maximum atomic E-state index is 12.2. The number of nitrogens with zero attached hydrogens (tertiary/aromatic N) is 3. The summed E-state index contributed by atoms with van der Waals surface area (Å²) in [4.78, 5) is 20.7. The van der Waals surface area contributed by atoms with E-state index in [0.717, 1.165) is 38.3 Å². The SMILES string of the molecule is CCc1nc(CN2CCNCC2C(=O)N(C)C)cs1. The molecule has 1 aliphatic rings. The topological polar surface area (TPSA) is 48.5 Å². The number of hydrogen-bond acceptors (Lipinski definition) is 5. The molecule has 1 aliphatic heterocycles. The van der Waals surface area contributed by atoms with Crippen molar-refractivity contribution in [2.45, 2.75) is 25.9 Å². The summed E-state index contributed by atoms with van der Waals surface area (Å²) in [6, 6.07) is -0.0736. The summed E-state index contributed by atoms with van der Waals surface area (Å²) in [6.45, 7) is 5.43. The molecule has 1 amide bonds. The standard InChI is InChI=1S/C13H22N4OS/c1-4-12-15-10(9-19-12)8-17-6-5-14-7-11(17)13(18)16(2)3/h9,11,14H,4-8H2,1-3H3. The average molecular weight is 282 g/mol. The molecule has 6 heteroatoms. The summed E-state index contributed by atoms with van der Waals surface area (Å²) in [5.74, 6) is 0.165. The molecule has 19 heavy (non-hydrogen) atoms. The number of carbonyl (C=O) groups is 1. The molecule has 0 saturated carbocycles. The van der Waals surface area contributed by atoms with Gasteiger partial charge in [0.2, 0.25) is 5.91 Å². The highest BCUT2D eigenvalue weighted by Crippen LogP contribution is 2.15. The van der Waals surface area contributed by atoms with Gasteiger partial charge in [-0.05, 0) is 6.42 Å². The Morgan fingerprint density at radius 3 is 3.05 bits per heavy atom. The largest absolute Gasteiger partial charge is 0.347 e. The van der Waals surface area contributed by atoms with Gasteiger partial charge in [0.25, 0.3) is 0 Å². The molecule has 2 rings (SSSR count). The van der Waals surface area contributed by atoms with Gasteiger partial charge >= 0.3 is 0 Å². The number of amides is 1. The first-order valence-electron chi connectivity index (χ1n) is 6.71. The summed E-state index contributed by atoms with van der Waals surface area (Å²) in [6.07, 6.45) is 0.978. The second-order valence-electron chi connectivity index (χ2n) is 5.01. The molecule has 0 radical (unpaired) electrons. The Morgan fingerprint density at radius 2 is 2.42 bits per heavy atom. The van der Waals surface area contributed by atoms with Crippen molar-refractivity contribution < 1.29 is 4.79 Å². The van der Waals surface area contributed by atoms with E-state index >= 15 is 0 Å². The van der Waals surface area contributed by atoms with E-state index in [0.29, 0.717) is 0 Å². The van der Waals surface area contributed by atoms with Crippen molar-refractivity contribution in [3.8, 4) is 0 Å². The van der Waals surface area contributed by atoms with Gasteiger partial charge in [-0.3, -0.25) is 9.69 Å². The quantitative estimate of drug-likeness (QED) is 0.877. The van der Waals surface area contributed by atoms with E-state index in [2.05, 4.69) is 27.5 Å². The van der Waals surface area contributed by atoms with E-state index < -0.39 is 0 Å². The van der Waals surface area contributed by atoms with E-state index in [1.165, 1.54) is 5.01 Å². The van der Waals surface area contributed by atoms with Gasteiger partial charge in [0.1, 0.15) is 6.04 Å². The fraction of sp³-hybridized carbons (Fsp3) is 0.692. The van der Waals surface area contributed by atoms with Crippen LogP contribution in [0.2, 0.25) is 0 Å². The molecule has 1 aromatic heterocycles. The van der Waals surface area contributed by atoms with Crippen molar-refractivity contribution in [2.24, 2.45) is 0 Å². The van der Waals surface area contributed by atoms with Crippen molar-refractivity contribution in [1.29, 1.82) is 0 Å². The van der Waals surface area contributed by atoms with Gasteiger partial charge in [-0.25, -0.2) is 4.98 Å². The zero-order chi connectivity index (χ0) is 13.8. The number of hydrogen-bond donors (Lipinski definition) is 1. The van der Waals surface area contributed by atoms with Gasteiger partial charge in [-0.2, -0.15) is 0 Å². The highest BCUT2D eigenvalue weighted by molar-refractivity contribution is 7.09. The Hall–Kier alpha value is -0.980. The number of thiazole rings is 1. The van der Waals surface area contributed by atoms with E-state index in [-0.39, 0.29) is 11.9 Å². The summed E-state index contributed by atoms with van der Waals surface area (Å²) in [7, 11) is 3.63. The number of rotatable bonds is 4. The zero-order valence-corrected chi connectivity index (χ0v) is 12.7. The van der Waals surface area contributed by atoms with Crippen molar-refractivity contribution in [2.75, 3.05) is 33.7 Å². The van der Waals surface area contributed by atoms with Gasteiger partial charge in [0, 0.05) is 45.7 Å². The maximum absolute atomic E-state index is 12.2. The Bertz CT molecular complexity index is 432. The lowest BCUT2D eigenvalue weighted by Gasteiger charge is -2.35. The Labute approximate surface area is 118 Å². The molecular weight excluding hydrogens is 260 g/mol. The molecule has 5 nitrogen and oxygen atoms in total. The second-order valence-corrected chi connectivity index (χ2v) is 5.95. The third kappa shape index (κ3) is 3.52. The van der Waals surface area contributed by atoms with Crippen LogP contribution in [0.5, 0.6) is 0 Å². The van der Waals surface area contributed by atoms with Crippen LogP contribution < -0.4 is 5.32 Å². The van der Waals surface area contributed by atoms with Gasteiger partial charge in [0.15, 0.2) is 0 Å². The number of aromatic nitrogens is 1. The molecule has 1 atom stereocenters. The van der Waals surface area contributed by atoms with Crippen LogP contribution >= 0.6 is 11.3 Å². The van der Waals surface area contributed by atoms with Crippen molar-refractivity contribution in [3.05, 3.63) is 16.1 Å². The molecule has 1 saturated heterocycles. The molecular formula is C13H22N4OS. The molecule has 106 valence electrons. The number of piperazine rings is 1. The van der Waals surface area contributed by atoms with Crippen LogP contribution in [0.1, 0.15) is 17.6 Å². The maximum Gasteiger partial charge on any atom is 0.240 e. The molecule has 0 aliphatic carbocycles. The number of aryl methyl sites for hydroxylation is 1. The molecule has 1 N–H and O–H groups in total. The summed E-state index contributed by atoms with van der Waals surface area (Å²) in [5, 5.41) is 6.57. The Kier molecular flexibility index (Phi) is 4.90. The predicted molar refractivity (Wildman–Crippen MR) is 77.3 cm³/mol. The minimum absolute atomic E-state index is 0.0736. The monoisotopic (exact) mass is 282 g/mol. The molecule has 0 spiro atoms. The van der Waals surface area contributed by atoms with Gasteiger partial charge in [0.05, 0.1) is 10.7 Å². The van der Waals surface area contributed by atoms with Crippen LogP contribution in [0.15, 0.2) is 5.38 Å². The fourth-order valence-corrected chi connectivity index (χ4v) is 3.01. The molecule has 0 bridgehead atoms. The molecule has 0 aromatic carbocycles. The predicted octanol–water partition coefficient (Wildman–Crippen LogP) is 0.567. The number of likely N-dealkylation sites (N-methyl/N-ethyl adjacent to an activating group) is 1. The van der Waals surface area contributed by atoms with Crippen LogP contribution in [-0.4, -0.2) is 60.5 Å². The fourth-order valence-electron chi connectivity index (χ4n) is 2.27. The lowest BCUT2D eigenvalue weighted by atomic mass is 10.1. The lowest BCUT2D eigenvalue weighted by molar-refractivity contribution is -0.135. The highest BCUT2D eigenvalue weighted by atomic mass is 32.1. The first kappa shape index (κ1) is 14.4. The van der Waals surface area contributed by atoms with Crippen molar-refractivity contribution >= 4 is 17.2 Å².